The fourth-order valence-electron chi connectivity index (χ4n) is 1.67. The Morgan fingerprint density at radius 2 is 2.23 bits per heavy atom. The first-order chi connectivity index (χ1) is 6.16. The first-order valence-electron chi connectivity index (χ1n) is 4.64. The molecule has 0 amide bonds. The fraction of sp³-hybridized carbons (Fsp3) is 0.500. The standard InChI is InChI=1S/C10H15N3/c1-7(2)13-5-8-3-9(11)4-12-10(8)6-13/h3-4,7H,5-6,11H2,1-2H3. The van der Waals surface area contributed by atoms with Crippen LogP contribution in [0.5, 0.6) is 0 Å². The van der Waals surface area contributed by atoms with Crippen LogP contribution in [0.25, 0.3) is 0 Å². The van der Waals surface area contributed by atoms with E-state index in [1.54, 1.807) is 6.20 Å². The second-order valence-electron chi connectivity index (χ2n) is 3.87. The van der Waals surface area contributed by atoms with Gasteiger partial charge in [-0.05, 0) is 25.5 Å². The highest BCUT2D eigenvalue weighted by molar-refractivity contribution is 5.41. The Bertz CT molecular complexity index is 320. The zero-order chi connectivity index (χ0) is 9.42. The third-order valence-electron chi connectivity index (χ3n) is 2.54. The minimum atomic E-state index is 0.579. The molecule has 0 spiro atoms. The number of nitrogens with zero attached hydrogens (tertiary/aromatic N) is 2. The van der Waals surface area contributed by atoms with E-state index in [1.165, 1.54) is 11.3 Å². The molecule has 2 N–H and O–H groups in total. The van der Waals surface area contributed by atoms with Gasteiger partial charge in [-0.25, -0.2) is 0 Å². The van der Waals surface area contributed by atoms with Gasteiger partial charge in [-0.3, -0.25) is 9.88 Å². The summed E-state index contributed by atoms with van der Waals surface area (Å²) >= 11 is 0. The molecule has 13 heavy (non-hydrogen) atoms. The van der Waals surface area contributed by atoms with Crippen molar-refractivity contribution < 1.29 is 0 Å². The van der Waals surface area contributed by atoms with Crippen LogP contribution in [0, 0.1) is 0 Å². The monoisotopic (exact) mass is 177 g/mol. The van der Waals surface area contributed by atoms with Gasteiger partial charge in [0.2, 0.25) is 0 Å². The van der Waals surface area contributed by atoms with Crippen LogP contribution < -0.4 is 5.73 Å². The molecule has 1 aromatic rings. The molecule has 0 radical (unpaired) electrons. The fourth-order valence-corrected chi connectivity index (χ4v) is 1.67. The third-order valence-corrected chi connectivity index (χ3v) is 2.54. The van der Waals surface area contributed by atoms with E-state index >= 15 is 0 Å². The van der Waals surface area contributed by atoms with E-state index in [1.807, 2.05) is 6.07 Å². The van der Waals surface area contributed by atoms with Crippen LogP contribution in [-0.2, 0) is 13.1 Å². The van der Waals surface area contributed by atoms with Crippen LogP contribution >= 0.6 is 0 Å². The number of hydrogen-bond acceptors (Lipinski definition) is 3. The summed E-state index contributed by atoms with van der Waals surface area (Å²) in [4.78, 5) is 6.71. The van der Waals surface area contributed by atoms with Gasteiger partial charge in [0, 0.05) is 19.1 Å². The third kappa shape index (κ3) is 1.52. The minimum Gasteiger partial charge on any atom is -0.397 e. The van der Waals surface area contributed by atoms with E-state index in [-0.39, 0.29) is 0 Å². The Morgan fingerprint density at radius 1 is 1.46 bits per heavy atom. The topological polar surface area (TPSA) is 42.1 Å². The lowest BCUT2D eigenvalue weighted by molar-refractivity contribution is 0.226. The molecule has 1 aliphatic rings. The van der Waals surface area contributed by atoms with Crippen molar-refractivity contribution in [2.75, 3.05) is 5.73 Å². The second-order valence-corrected chi connectivity index (χ2v) is 3.87. The van der Waals surface area contributed by atoms with Crippen molar-refractivity contribution in [2.45, 2.75) is 33.0 Å². The number of aromatic nitrogens is 1. The summed E-state index contributed by atoms with van der Waals surface area (Å²) in [6, 6.07) is 2.61. The average Bonchev–Trinajstić information content (AvgIpc) is 2.46. The predicted octanol–water partition coefficient (Wildman–Crippen LogP) is 1.39. The van der Waals surface area contributed by atoms with Gasteiger partial charge in [-0.15, -0.1) is 0 Å². The van der Waals surface area contributed by atoms with E-state index < -0.39 is 0 Å². The lowest BCUT2D eigenvalue weighted by Gasteiger charge is -2.18. The van der Waals surface area contributed by atoms with Crippen LogP contribution in [0.3, 0.4) is 0 Å². The second kappa shape index (κ2) is 3.00. The first-order valence-corrected chi connectivity index (χ1v) is 4.64. The summed E-state index contributed by atoms with van der Waals surface area (Å²) in [7, 11) is 0. The van der Waals surface area contributed by atoms with Gasteiger partial charge in [-0.1, -0.05) is 0 Å². The highest BCUT2D eigenvalue weighted by Crippen LogP contribution is 2.23. The Balaban J connectivity index is 2.25. The molecule has 0 aliphatic carbocycles. The van der Waals surface area contributed by atoms with Crippen molar-refractivity contribution in [3.8, 4) is 0 Å². The van der Waals surface area contributed by atoms with E-state index in [4.69, 9.17) is 5.73 Å². The Labute approximate surface area is 78.6 Å². The minimum absolute atomic E-state index is 0.579. The predicted molar refractivity (Wildman–Crippen MR) is 53.0 cm³/mol. The Morgan fingerprint density at radius 3 is 2.92 bits per heavy atom. The number of nitrogens with two attached hydrogens (primary N) is 1. The van der Waals surface area contributed by atoms with Gasteiger partial charge < -0.3 is 5.73 Å². The maximum Gasteiger partial charge on any atom is 0.0590 e. The molecule has 0 fully saturated rings. The SMILES string of the molecule is CC(C)N1Cc2cc(N)cnc2C1. The van der Waals surface area contributed by atoms with Crippen LogP contribution in [0.4, 0.5) is 5.69 Å². The molecule has 0 aromatic carbocycles. The number of hydrogen-bond donors (Lipinski definition) is 1. The van der Waals surface area contributed by atoms with Crippen molar-refractivity contribution in [2.24, 2.45) is 0 Å². The number of rotatable bonds is 1. The number of anilines is 1. The summed E-state index contributed by atoms with van der Waals surface area (Å²) in [5, 5.41) is 0. The molecule has 1 aliphatic heterocycles. The maximum atomic E-state index is 5.67. The molecular weight excluding hydrogens is 162 g/mol. The molecule has 3 nitrogen and oxygen atoms in total. The Kier molecular flexibility index (Phi) is 1.96. The van der Waals surface area contributed by atoms with Gasteiger partial charge >= 0.3 is 0 Å². The van der Waals surface area contributed by atoms with E-state index in [0.717, 1.165) is 18.8 Å². The maximum absolute atomic E-state index is 5.67. The van der Waals surface area contributed by atoms with Crippen LogP contribution in [0.1, 0.15) is 25.1 Å². The molecule has 70 valence electrons. The van der Waals surface area contributed by atoms with Crippen LogP contribution in [0.15, 0.2) is 12.3 Å². The van der Waals surface area contributed by atoms with Crippen molar-refractivity contribution in [1.29, 1.82) is 0 Å². The molecule has 0 saturated carbocycles. The van der Waals surface area contributed by atoms with Crippen molar-refractivity contribution >= 4 is 5.69 Å². The average molecular weight is 177 g/mol. The number of pyridine rings is 1. The van der Waals surface area contributed by atoms with Crippen molar-refractivity contribution in [3.63, 3.8) is 0 Å². The molecule has 0 unspecified atom stereocenters. The molecular formula is C10H15N3. The number of fused-ring (bicyclic) bond motifs is 1. The summed E-state index contributed by atoms with van der Waals surface area (Å²) in [6.07, 6.45) is 1.74. The summed E-state index contributed by atoms with van der Waals surface area (Å²) < 4.78 is 0. The van der Waals surface area contributed by atoms with Crippen LogP contribution in [-0.4, -0.2) is 15.9 Å². The summed E-state index contributed by atoms with van der Waals surface area (Å²) in [5.41, 5.74) is 8.91. The first kappa shape index (κ1) is 8.51. The zero-order valence-corrected chi connectivity index (χ0v) is 8.12. The van der Waals surface area contributed by atoms with Gasteiger partial charge in [-0.2, -0.15) is 0 Å². The molecule has 2 rings (SSSR count). The lowest BCUT2D eigenvalue weighted by atomic mass is 10.2. The summed E-state index contributed by atoms with van der Waals surface area (Å²) in [6.45, 7) is 6.36. The van der Waals surface area contributed by atoms with Crippen molar-refractivity contribution in [1.82, 2.24) is 9.88 Å². The van der Waals surface area contributed by atoms with E-state index in [2.05, 4.69) is 23.7 Å². The molecule has 3 heteroatoms. The normalized spacial score (nSPS) is 16.5. The van der Waals surface area contributed by atoms with Gasteiger partial charge in [0.1, 0.15) is 0 Å². The van der Waals surface area contributed by atoms with Gasteiger partial charge in [0.25, 0.3) is 0 Å². The molecule has 2 heterocycles. The molecule has 0 saturated heterocycles. The van der Waals surface area contributed by atoms with E-state index in [9.17, 15) is 0 Å². The molecule has 1 aromatic heterocycles. The largest absolute Gasteiger partial charge is 0.397 e. The van der Waals surface area contributed by atoms with Gasteiger partial charge in [0.05, 0.1) is 17.6 Å². The Hall–Kier alpha value is -1.09. The molecule has 0 atom stereocenters. The number of nitrogen functional groups attached to an aromatic ring is 1. The highest BCUT2D eigenvalue weighted by atomic mass is 15.2. The zero-order valence-electron chi connectivity index (χ0n) is 8.12. The van der Waals surface area contributed by atoms with Gasteiger partial charge in [0.15, 0.2) is 0 Å². The van der Waals surface area contributed by atoms with Crippen LogP contribution in [0.2, 0.25) is 0 Å². The molecule has 0 bridgehead atoms. The van der Waals surface area contributed by atoms with E-state index in [0.29, 0.717) is 6.04 Å². The highest BCUT2D eigenvalue weighted by Gasteiger charge is 2.21. The summed E-state index contributed by atoms with van der Waals surface area (Å²) in [5.74, 6) is 0. The quantitative estimate of drug-likeness (QED) is 0.704. The van der Waals surface area contributed by atoms with Crippen molar-refractivity contribution in [3.05, 3.63) is 23.5 Å². The lowest BCUT2D eigenvalue weighted by Crippen LogP contribution is -2.24. The smallest absolute Gasteiger partial charge is 0.0590 e.